The largest absolute Gasteiger partial charge is 0.395 e. The van der Waals surface area contributed by atoms with Gasteiger partial charge in [-0.3, -0.25) is 4.79 Å². The van der Waals surface area contributed by atoms with Gasteiger partial charge in [-0.1, -0.05) is 13.8 Å². The zero-order valence-corrected chi connectivity index (χ0v) is 11.4. The molecule has 0 radical (unpaired) electrons. The molecule has 1 heterocycles. The molecule has 4 heteroatoms. The van der Waals surface area contributed by atoms with E-state index in [1.165, 1.54) is 0 Å². The standard InChI is InChI=1S/C14H24O4/c1-10-11(18-12-5-3-4-8-17-12)6-7-14(2,9-15)13(10)16/h10-12,15H,3-9H2,1-2H3/t10-,11+,12?,14-/m1/s1. The van der Waals surface area contributed by atoms with E-state index in [-0.39, 0.29) is 30.7 Å². The molecule has 0 aromatic heterocycles. The fraction of sp³-hybridized carbons (Fsp3) is 0.929. The van der Waals surface area contributed by atoms with Crippen molar-refractivity contribution in [1.29, 1.82) is 0 Å². The van der Waals surface area contributed by atoms with Crippen LogP contribution in [0.4, 0.5) is 0 Å². The van der Waals surface area contributed by atoms with Crippen LogP contribution < -0.4 is 0 Å². The van der Waals surface area contributed by atoms with Crippen molar-refractivity contribution in [2.75, 3.05) is 13.2 Å². The van der Waals surface area contributed by atoms with Crippen LogP contribution in [0.15, 0.2) is 0 Å². The first-order valence-corrected chi connectivity index (χ1v) is 6.99. The summed E-state index contributed by atoms with van der Waals surface area (Å²) in [6.07, 6.45) is 4.48. The van der Waals surface area contributed by atoms with Crippen LogP contribution in [-0.4, -0.2) is 36.5 Å². The first-order chi connectivity index (χ1) is 8.57. The summed E-state index contributed by atoms with van der Waals surface area (Å²) in [5.41, 5.74) is -0.577. The van der Waals surface area contributed by atoms with Gasteiger partial charge in [-0.05, 0) is 32.1 Å². The molecular weight excluding hydrogens is 232 g/mol. The number of carbonyl (C=O) groups excluding carboxylic acids is 1. The molecule has 4 nitrogen and oxygen atoms in total. The van der Waals surface area contributed by atoms with E-state index in [1.807, 2.05) is 13.8 Å². The molecule has 0 bridgehead atoms. The highest BCUT2D eigenvalue weighted by Crippen LogP contribution is 2.37. The van der Waals surface area contributed by atoms with Crippen LogP contribution in [0.1, 0.15) is 46.0 Å². The second-order valence-corrected chi connectivity index (χ2v) is 5.88. The fourth-order valence-electron chi connectivity index (χ4n) is 2.91. The number of aliphatic hydroxyl groups excluding tert-OH is 1. The number of ketones is 1. The molecular formula is C14H24O4. The first kappa shape index (κ1) is 14.0. The van der Waals surface area contributed by atoms with E-state index in [1.54, 1.807) is 0 Å². The summed E-state index contributed by atoms with van der Waals surface area (Å²) in [6, 6.07) is 0. The van der Waals surface area contributed by atoms with Crippen molar-refractivity contribution in [3.8, 4) is 0 Å². The van der Waals surface area contributed by atoms with Crippen molar-refractivity contribution in [2.24, 2.45) is 11.3 Å². The smallest absolute Gasteiger partial charge is 0.157 e. The summed E-state index contributed by atoms with van der Waals surface area (Å²) in [6.45, 7) is 4.44. The van der Waals surface area contributed by atoms with E-state index < -0.39 is 5.41 Å². The third-order valence-electron chi connectivity index (χ3n) is 4.36. The lowest BCUT2D eigenvalue weighted by Crippen LogP contribution is -2.47. The Bertz CT molecular complexity index is 298. The van der Waals surface area contributed by atoms with E-state index in [2.05, 4.69) is 0 Å². The molecule has 2 aliphatic rings. The van der Waals surface area contributed by atoms with Crippen LogP contribution in [-0.2, 0) is 14.3 Å². The molecule has 104 valence electrons. The Labute approximate surface area is 109 Å². The van der Waals surface area contributed by atoms with Gasteiger partial charge in [0.15, 0.2) is 6.29 Å². The molecule has 1 saturated carbocycles. The average molecular weight is 256 g/mol. The van der Waals surface area contributed by atoms with Crippen molar-refractivity contribution in [3.63, 3.8) is 0 Å². The quantitative estimate of drug-likeness (QED) is 0.838. The Morgan fingerprint density at radius 2 is 2.22 bits per heavy atom. The molecule has 4 atom stereocenters. The molecule has 0 spiro atoms. The van der Waals surface area contributed by atoms with Gasteiger partial charge in [-0.25, -0.2) is 0 Å². The van der Waals surface area contributed by atoms with Gasteiger partial charge < -0.3 is 14.6 Å². The Hall–Kier alpha value is -0.450. The molecule has 2 rings (SSSR count). The van der Waals surface area contributed by atoms with Gasteiger partial charge >= 0.3 is 0 Å². The van der Waals surface area contributed by atoms with Crippen LogP contribution in [0, 0.1) is 11.3 Å². The van der Waals surface area contributed by atoms with Crippen LogP contribution in [0.5, 0.6) is 0 Å². The Morgan fingerprint density at radius 1 is 1.44 bits per heavy atom. The zero-order valence-electron chi connectivity index (χ0n) is 11.4. The Balaban J connectivity index is 1.93. The molecule has 0 aromatic carbocycles. The third kappa shape index (κ3) is 2.76. The van der Waals surface area contributed by atoms with Gasteiger partial charge in [0.25, 0.3) is 0 Å². The molecule has 0 amide bonds. The fourth-order valence-corrected chi connectivity index (χ4v) is 2.91. The lowest BCUT2D eigenvalue weighted by atomic mass is 9.69. The van der Waals surface area contributed by atoms with E-state index >= 15 is 0 Å². The van der Waals surface area contributed by atoms with Crippen molar-refractivity contribution in [1.82, 2.24) is 0 Å². The first-order valence-electron chi connectivity index (χ1n) is 6.99. The summed E-state index contributed by atoms with van der Waals surface area (Å²) in [7, 11) is 0. The highest BCUT2D eigenvalue weighted by atomic mass is 16.7. The average Bonchev–Trinajstić information content (AvgIpc) is 2.41. The topological polar surface area (TPSA) is 55.8 Å². The van der Waals surface area contributed by atoms with Crippen LogP contribution in [0.3, 0.4) is 0 Å². The highest BCUT2D eigenvalue weighted by molar-refractivity contribution is 5.87. The maximum absolute atomic E-state index is 12.2. The second-order valence-electron chi connectivity index (χ2n) is 5.88. The molecule has 1 unspecified atom stereocenters. The summed E-state index contributed by atoms with van der Waals surface area (Å²) in [4.78, 5) is 12.2. The van der Waals surface area contributed by atoms with Crippen LogP contribution in [0.2, 0.25) is 0 Å². The third-order valence-corrected chi connectivity index (χ3v) is 4.36. The minimum atomic E-state index is -0.577. The van der Waals surface area contributed by atoms with Crippen molar-refractivity contribution in [2.45, 2.75) is 58.3 Å². The van der Waals surface area contributed by atoms with Gasteiger partial charge in [0.05, 0.1) is 12.7 Å². The normalized spacial score (nSPS) is 41.9. The Morgan fingerprint density at radius 3 is 2.83 bits per heavy atom. The van der Waals surface area contributed by atoms with Gasteiger partial charge in [0, 0.05) is 17.9 Å². The number of hydrogen-bond acceptors (Lipinski definition) is 4. The lowest BCUT2D eigenvalue weighted by Gasteiger charge is -2.40. The van der Waals surface area contributed by atoms with Gasteiger partial charge in [0.1, 0.15) is 5.78 Å². The zero-order chi connectivity index (χ0) is 13.2. The predicted octanol–water partition coefficient (Wildman–Crippen LogP) is 1.90. The lowest BCUT2D eigenvalue weighted by molar-refractivity contribution is -0.207. The number of hydrogen-bond donors (Lipinski definition) is 1. The minimum absolute atomic E-state index is 0.0553. The number of rotatable bonds is 3. The molecule has 18 heavy (non-hydrogen) atoms. The summed E-state index contributed by atoms with van der Waals surface area (Å²) < 4.78 is 11.5. The maximum Gasteiger partial charge on any atom is 0.157 e. The second kappa shape index (κ2) is 5.68. The monoisotopic (exact) mass is 256 g/mol. The molecule has 0 aromatic rings. The highest BCUT2D eigenvalue weighted by Gasteiger charge is 2.44. The number of aliphatic hydroxyl groups is 1. The van der Waals surface area contributed by atoms with Crippen LogP contribution >= 0.6 is 0 Å². The molecule has 1 N–H and O–H groups in total. The molecule has 1 aliphatic carbocycles. The number of Topliss-reactive ketones (excluding diaryl/α,β-unsaturated/α-hetero) is 1. The maximum atomic E-state index is 12.2. The summed E-state index contributed by atoms with van der Waals surface area (Å²) >= 11 is 0. The van der Waals surface area contributed by atoms with E-state index in [9.17, 15) is 9.90 Å². The molecule has 2 fully saturated rings. The minimum Gasteiger partial charge on any atom is -0.395 e. The van der Waals surface area contributed by atoms with E-state index in [4.69, 9.17) is 9.47 Å². The van der Waals surface area contributed by atoms with Gasteiger partial charge in [-0.2, -0.15) is 0 Å². The molecule has 1 aliphatic heterocycles. The molecule has 1 saturated heterocycles. The van der Waals surface area contributed by atoms with Crippen molar-refractivity contribution < 1.29 is 19.4 Å². The van der Waals surface area contributed by atoms with Crippen LogP contribution in [0.25, 0.3) is 0 Å². The predicted molar refractivity (Wildman–Crippen MR) is 67.1 cm³/mol. The van der Waals surface area contributed by atoms with Crippen molar-refractivity contribution in [3.05, 3.63) is 0 Å². The van der Waals surface area contributed by atoms with E-state index in [0.29, 0.717) is 6.42 Å². The van der Waals surface area contributed by atoms with Gasteiger partial charge in [-0.15, -0.1) is 0 Å². The van der Waals surface area contributed by atoms with Crippen molar-refractivity contribution >= 4 is 5.78 Å². The number of ether oxygens (including phenoxy) is 2. The van der Waals surface area contributed by atoms with Gasteiger partial charge in [0.2, 0.25) is 0 Å². The summed E-state index contributed by atoms with van der Waals surface area (Å²) in [5.74, 6) is -0.0292. The number of carbonyl (C=O) groups is 1. The van der Waals surface area contributed by atoms with E-state index in [0.717, 1.165) is 32.3 Å². The SMILES string of the molecule is C[C@H]1C(=O)[C@@](C)(CO)CC[C@@H]1OC1CCCCO1. The summed E-state index contributed by atoms with van der Waals surface area (Å²) in [5, 5.41) is 9.36. The Kier molecular flexibility index (Phi) is 4.41.